The maximum atomic E-state index is 11.0. The molecule has 0 atom stereocenters. The van der Waals surface area contributed by atoms with Crippen molar-refractivity contribution in [1.82, 2.24) is 4.98 Å². The molecule has 0 aromatic carbocycles. The van der Waals surface area contributed by atoms with E-state index in [4.69, 9.17) is 5.26 Å². The Balaban J connectivity index is 2.75. The molecule has 0 aliphatic heterocycles. The molecule has 0 bridgehead atoms. The summed E-state index contributed by atoms with van der Waals surface area (Å²) < 4.78 is 0. The van der Waals surface area contributed by atoms with Crippen molar-refractivity contribution in [3.63, 3.8) is 0 Å². The Labute approximate surface area is 125 Å². The number of anilines is 1. The van der Waals surface area contributed by atoms with Crippen LogP contribution in [0.5, 0.6) is 0 Å². The average Bonchev–Trinajstić information content (AvgIpc) is 2.45. The van der Waals surface area contributed by atoms with Crippen LogP contribution in [0, 0.1) is 26.9 Å². The molecular weight excluding hydrogens is 268 g/mol. The first-order chi connectivity index (χ1) is 9.89. The van der Waals surface area contributed by atoms with Gasteiger partial charge in [-0.25, -0.2) is 4.98 Å². The number of unbranched alkanes of at least 4 members (excludes halogenated alkanes) is 2. The Bertz CT molecular complexity index is 535. The lowest BCUT2D eigenvalue weighted by Gasteiger charge is -2.25. The van der Waals surface area contributed by atoms with Crippen molar-refractivity contribution in [3.05, 3.63) is 27.9 Å². The summed E-state index contributed by atoms with van der Waals surface area (Å²) in [5.41, 5.74) is 0.0754. The largest absolute Gasteiger partial charge is 0.364 e. The summed E-state index contributed by atoms with van der Waals surface area (Å²) in [5, 5.41) is 22.9. The molecule has 0 saturated carbocycles. The fourth-order valence-electron chi connectivity index (χ4n) is 2.05. The molecule has 1 aromatic rings. The van der Waals surface area contributed by atoms with E-state index in [9.17, 15) is 10.1 Å². The number of nitrogens with zero attached hydrogens (tertiary/aromatic N) is 3. The summed E-state index contributed by atoms with van der Waals surface area (Å²) >= 11 is 0. The standard InChI is InChI=1S/C15H22N4O2/c1-4-5-6-7-15(2,3)11-18-14-13(19(20)21)8-12(9-16)10-17-14/h8,10H,4-7,11H2,1-3H3,(H,17,18). The van der Waals surface area contributed by atoms with Crippen molar-refractivity contribution >= 4 is 11.5 Å². The van der Waals surface area contributed by atoms with Crippen LogP contribution in [0.25, 0.3) is 0 Å². The predicted molar refractivity (Wildman–Crippen MR) is 82.0 cm³/mol. The lowest BCUT2D eigenvalue weighted by atomic mass is 9.87. The molecule has 21 heavy (non-hydrogen) atoms. The number of nitriles is 1. The molecule has 1 heterocycles. The SMILES string of the molecule is CCCCCC(C)(C)CNc1ncc(C#N)cc1[N+](=O)[O-]. The number of hydrogen-bond donors (Lipinski definition) is 1. The Kier molecular flexibility index (Phi) is 6.10. The van der Waals surface area contributed by atoms with Gasteiger partial charge in [-0.15, -0.1) is 0 Å². The summed E-state index contributed by atoms with van der Waals surface area (Å²) in [6.45, 7) is 7.03. The maximum absolute atomic E-state index is 11.0. The van der Waals surface area contributed by atoms with E-state index in [-0.39, 0.29) is 22.5 Å². The minimum atomic E-state index is -0.514. The quantitative estimate of drug-likeness (QED) is 0.445. The number of hydrogen-bond acceptors (Lipinski definition) is 5. The van der Waals surface area contributed by atoms with Crippen LogP contribution >= 0.6 is 0 Å². The van der Waals surface area contributed by atoms with Crippen LogP contribution < -0.4 is 5.32 Å². The van der Waals surface area contributed by atoms with Crippen molar-refractivity contribution < 1.29 is 4.92 Å². The van der Waals surface area contributed by atoms with Crippen LogP contribution in [0.4, 0.5) is 11.5 Å². The minimum Gasteiger partial charge on any atom is -0.364 e. The Morgan fingerprint density at radius 2 is 2.19 bits per heavy atom. The third kappa shape index (κ3) is 5.38. The van der Waals surface area contributed by atoms with E-state index in [0.29, 0.717) is 6.54 Å². The highest BCUT2D eigenvalue weighted by atomic mass is 16.6. The fourth-order valence-corrected chi connectivity index (χ4v) is 2.05. The van der Waals surface area contributed by atoms with Gasteiger partial charge < -0.3 is 5.32 Å². The second kappa shape index (κ2) is 7.58. The van der Waals surface area contributed by atoms with Gasteiger partial charge in [-0.3, -0.25) is 10.1 Å². The Morgan fingerprint density at radius 1 is 1.48 bits per heavy atom. The first kappa shape index (κ1) is 16.9. The molecule has 0 unspecified atom stereocenters. The highest BCUT2D eigenvalue weighted by Gasteiger charge is 2.21. The zero-order valence-electron chi connectivity index (χ0n) is 12.8. The molecule has 1 N–H and O–H groups in total. The molecule has 0 aliphatic rings. The lowest BCUT2D eigenvalue weighted by Crippen LogP contribution is -2.23. The molecule has 0 saturated heterocycles. The molecule has 6 nitrogen and oxygen atoms in total. The predicted octanol–water partition coefficient (Wildman–Crippen LogP) is 3.88. The van der Waals surface area contributed by atoms with E-state index in [2.05, 4.69) is 31.1 Å². The van der Waals surface area contributed by atoms with E-state index >= 15 is 0 Å². The molecular formula is C15H22N4O2. The first-order valence-corrected chi connectivity index (χ1v) is 7.18. The number of nitro groups is 1. The van der Waals surface area contributed by atoms with Gasteiger partial charge in [-0.2, -0.15) is 5.26 Å². The first-order valence-electron chi connectivity index (χ1n) is 7.18. The second-order valence-electron chi connectivity index (χ2n) is 5.94. The monoisotopic (exact) mass is 290 g/mol. The van der Waals surface area contributed by atoms with Gasteiger partial charge >= 0.3 is 5.69 Å². The van der Waals surface area contributed by atoms with Gasteiger partial charge in [0.25, 0.3) is 0 Å². The average molecular weight is 290 g/mol. The third-order valence-electron chi connectivity index (χ3n) is 3.38. The van der Waals surface area contributed by atoms with Crippen LogP contribution in [0.2, 0.25) is 0 Å². The zero-order valence-corrected chi connectivity index (χ0v) is 12.8. The van der Waals surface area contributed by atoms with Gasteiger partial charge in [0.05, 0.1) is 10.5 Å². The molecule has 0 amide bonds. The molecule has 0 radical (unpaired) electrons. The molecule has 6 heteroatoms. The van der Waals surface area contributed by atoms with Crippen molar-refractivity contribution in [2.24, 2.45) is 5.41 Å². The number of rotatable bonds is 8. The van der Waals surface area contributed by atoms with Crippen LogP contribution in [0.15, 0.2) is 12.3 Å². The molecule has 0 fully saturated rings. The second-order valence-corrected chi connectivity index (χ2v) is 5.94. The summed E-state index contributed by atoms with van der Waals surface area (Å²) in [5.74, 6) is 0.225. The summed E-state index contributed by atoms with van der Waals surface area (Å²) in [6.07, 6.45) is 5.91. The van der Waals surface area contributed by atoms with E-state index < -0.39 is 4.92 Å². The normalized spacial score (nSPS) is 11.0. The smallest absolute Gasteiger partial charge is 0.312 e. The summed E-state index contributed by atoms with van der Waals surface area (Å²) in [6, 6.07) is 3.11. The van der Waals surface area contributed by atoms with Crippen molar-refractivity contribution in [2.75, 3.05) is 11.9 Å². The third-order valence-corrected chi connectivity index (χ3v) is 3.38. The van der Waals surface area contributed by atoms with Crippen molar-refractivity contribution in [1.29, 1.82) is 5.26 Å². The molecule has 0 aliphatic carbocycles. The Morgan fingerprint density at radius 3 is 2.76 bits per heavy atom. The highest BCUT2D eigenvalue weighted by Crippen LogP contribution is 2.27. The van der Waals surface area contributed by atoms with E-state index in [0.717, 1.165) is 12.8 Å². The summed E-state index contributed by atoms with van der Waals surface area (Å²) in [7, 11) is 0. The van der Waals surface area contributed by atoms with Gasteiger partial charge in [-0.1, -0.05) is 40.0 Å². The van der Waals surface area contributed by atoms with Gasteiger partial charge in [0, 0.05) is 18.8 Å². The number of pyridine rings is 1. The van der Waals surface area contributed by atoms with E-state index in [1.165, 1.54) is 25.1 Å². The van der Waals surface area contributed by atoms with Crippen LogP contribution in [0.3, 0.4) is 0 Å². The summed E-state index contributed by atoms with van der Waals surface area (Å²) in [4.78, 5) is 14.5. The van der Waals surface area contributed by atoms with E-state index in [1.807, 2.05) is 6.07 Å². The minimum absolute atomic E-state index is 0.0403. The number of nitrogens with one attached hydrogen (secondary N) is 1. The van der Waals surface area contributed by atoms with Crippen molar-refractivity contribution in [3.8, 4) is 6.07 Å². The Hall–Kier alpha value is -2.16. The molecule has 1 aromatic heterocycles. The van der Waals surface area contributed by atoms with E-state index in [1.54, 1.807) is 0 Å². The van der Waals surface area contributed by atoms with Crippen LogP contribution in [-0.2, 0) is 0 Å². The van der Waals surface area contributed by atoms with Crippen LogP contribution in [-0.4, -0.2) is 16.5 Å². The fraction of sp³-hybridized carbons (Fsp3) is 0.600. The molecule has 1 rings (SSSR count). The van der Waals surface area contributed by atoms with Gasteiger partial charge in [-0.05, 0) is 11.8 Å². The lowest BCUT2D eigenvalue weighted by molar-refractivity contribution is -0.384. The molecule has 0 spiro atoms. The molecule has 114 valence electrons. The topological polar surface area (TPSA) is 91.8 Å². The van der Waals surface area contributed by atoms with Crippen LogP contribution in [0.1, 0.15) is 52.0 Å². The van der Waals surface area contributed by atoms with Gasteiger partial charge in [0.15, 0.2) is 0 Å². The maximum Gasteiger partial charge on any atom is 0.312 e. The highest BCUT2D eigenvalue weighted by molar-refractivity contribution is 5.58. The number of aromatic nitrogens is 1. The van der Waals surface area contributed by atoms with Gasteiger partial charge in [0.1, 0.15) is 6.07 Å². The van der Waals surface area contributed by atoms with Gasteiger partial charge in [0.2, 0.25) is 5.82 Å². The van der Waals surface area contributed by atoms with Crippen molar-refractivity contribution in [2.45, 2.75) is 46.5 Å². The zero-order chi connectivity index (χ0) is 15.9.